The first kappa shape index (κ1) is 13.3. The summed E-state index contributed by atoms with van der Waals surface area (Å²) in [6.07, 6.45) is 0.387. The summed E-state index contributed by atoms with van der Waals surface area (Å²) in [6.45, 7) is 3.97. The molecule has 19 heavy (non-hydrogen) atoms. The van der Waals surface area contributed by atoms with E-state index in [4.69, 9.17) is 4.74 Å². The van der Waals surface area contributed by atoms with E-state index in [9.17, 15) is 4.79 Å². The topological polar surface area (TPSA) is 26.3 Å². The molecule has 0 fully saturated rings. The molecule has 2 aromatic rings. The minimum atomic E-state index is -0.189. The van der Waals surface area contributed by atoms with Crippen molar-refractivity contribution in [3.8, 4) is 5.75 Å². The lowest BCUT2D eigenvalue weighted by Crippen LogP contribution is -2.12. The number of hydrogen-bond donors (Lipinski definition) is 0. The number of ether oxygens (including phenoxy) is 1. The fourth-order valence-electron chi connectivity index (χ4n) is 1.98. The predicted molar refractivity (Wildman–Crippen MR) is 76.3 cm³/mol. The second-order valence-corrected chi connectivity index (χ2v) is 4.76. The zero-order chi connectivity index (χ0) is 13.7. The van der Waals surface area contributed by atoms with Crippen molar-refractivity contribution in [1.82, 2.24) is 0 Å². The summed E-state index contributed by atoms with van der Waals surface area (Å²) in [5.74, 6) is 0.621. The van der Waals surface area contributed by atoms with Crippen LogP contribution in [0.2, 0.25) is 0 Å². The zero-order valence-electron chi connectivity index (χ0n) is 11.3. The molecule has 0 aromatic heterocycles. The molecule has 0 saturated heterocycles. The van der Waals surface area contributed by atoms with E-state index in [2.05, 4.69) is 0 Å². The molecule has 0 spiro atoms. The average molecular weight is 254 g/mol. The molecule has 0 amide bonds. The van der Waals surface area contributed by atoms with Crippen molar-refractivity contribution in [2.75, 3.05) is 0 Å². The minimum Gasteiger partial charge on any atom is -0.426 e. The van der Waals surface area contributed by atoms with E-state index >= 15 is 0 Å². The quantitative estimate of drug-likeness (QED) is 0.606. The van der Waals surface area contributed by atoms with Crippen molar-refractivity contribution < 1.29 is 9.53 Å². The van der Waals surface area contributed by atoms with Gasteiger partial charge >= 0.3 is 5.97 Å². The third-order valence-corrected chi connectivity index (χ3v) is 3.16. The van der Waals surface area contributed by atoms with E-state index in [0.717, 1.165) is 11.1 Å². The van der Waals surface area contributed by atoms with Gasteiger partial charge in [0.15, 0.2) is 0 Å². The van der Waals surface area contributed by atoms with Crippen molar-refractivity contribution in [3.05, 3.63) is 65.7 Å². The Labute approximate surface area is 114 Å². The van der Waals surface area contributed by atoms with E-state index in [1.54, 1.807) is 0 Å². The van der Waals surface area contributed by atoms with Gasteiger partial charge < -0.3 is 4.74 Å². The van der Waals surface area contributed by atoms with E-state index in [1.165, 1.54) is 0 Å². The molecule has 2 heteroatoms. The summed E-state index contributed by atoms with van der Waals surface area (Å²) >= 11 is 0. The van der Waals surface area contributed by atoms with Crippen LogP contribution in [0.4, 0.5) is 0 Å². The molecule has 0 saturated carbocycles. The Bertz CT molecular complexity index is 546. The highest BCUT2D eigenvalue weighted by Gasteiger charge is 2.13. The third kappa shape index (κ3) is 3.68. The molecule has 2 aromatic carbocycles. The minimum absolute atomic E-state index is 0.165. The van der Waals surface area contributed by atoms with Gasteiger partial charge in [0.1, 0.15) is 5.75 Å². The van der Waals surface area contributed by atoms with E-state index < -0.39 is 0 Å². The van der Waals surface area contributed by atoms with Crippen LogP contribution in [-0.2, 0) is 4.79 Å². The van der Waals surface area contributed by atoms with Gasteiger partial charge in [0.25, 0.3) is 0 Å². The van der Waals surface area contributed by atoms with Crippen molar-refractivity contribution in [2.24, 2.45) is 0 Å². The third-order valence-electron chi connectivity index (χ3n) is 3.16. The summed E-state index contributed by atoms with van der Waals surface area (Å²) in [5.41, 5.74) is 2.13. The van der Waals surface area contributed by atoms with Crippen molar-refractivity contribution in [2.45, 2.75) is 26.2 Å². The molecule has 1 unspecified atom stereocenters. The summed E-state index contributed by atoms with van der Waals surface area (Å²) in [6, 6.07) is 17.6. The number of aryl methyl sites for hydroxylation is 1. The summed E-state index contributed by atoms with van der Waals surface area (Å²) in [4.78, 5) is 11.9. The SMILES string of the molecule is Cc1ccccc1OC(=O)CC(C)c1ccccc1. The summed E-state index contributed by atoms with van der Waals surface area (Å²) in [7, 11) is 0. The Kier molecular flexibility index (Phi) is 4.35. The van der Waals surface area contributed by atoms with Gasteiger partial charge in [0, 0.05) is 0 Å². The molecule has 1 atom stereocenters. The lowest BCUT2D eigenvalue weighted by Gasteiger charge is -2.12. The molecule has 2 rings (SSSR count). The molecule has 0 N–H and O–H groups in total. The molecule has 0 aliphatic carbocycles. The number of hydrogen-bond acceptors (Lipinski definition) is 2. The first-order valence-corrected chi connectivity index (χ1v) is 6.48. The highest BCUT2D eigenvalue weighted by molar-refractivity contribution is 5.73. The lowest BCUT2D eigenvalue weighted by atomic mass is 9.98. The van der Waals surface area contributed by atoms with Gasteiger partial charge in [-0.1, -0.05) is 55.5 Å². The van der Waals surface area contributed by atoms with Crippen molar-refractivity contribution in [3.63, 3.8) is 0 Å². The number of benzene rings is 2. The first-order valence-electron chi connectivity index (χ1n) is 6.48. The Hall–Kier alpha value is -2.09. The summed E-state index contributed by atoms with van der Waals surface area (Å²) < 4.78 is 5.40. The predicted octanol–water partition coefficient (Wildman–Crippen LogP) is 4.09. The first-order chi connectivity index (χ1) is 9.16. The molecular weight excluding hydrogens is 236 g/mol. The fraction of sp³-hybridized carbons (Fsp3) is 0.235. The largest absolute Gasteiger partial charge is 0.426 e. The molecular formula is C17H18O2. The van der Waals surface area contributed by atoms with Gasteiger partial charge in [-0.3, -0.25) is 4.79 Å². The number of para-hydroxylation sites is 1. The van der Waals surface area contributed by atoms with Crippen LogP contribution in [0, 0.1) is 6.92 Å². The van der Waals surface area contributed by atoms with Crippen LogP contribution < -0.4 is 4.74 Å². The Morgan fingerprint density at radius 2 is 1.68 bits per heavy atom. The van der Waals surface area contributed by atoms with Gasteiger partial charge in [-0.25, -0.2) is 0 Å². The normalized spacial score (nSPS) is 11.9. The van der Waals surface area contributed by atoms with Crippen LogP contribution in [0.3, 0.4) is 0 Å². The van der Waals surface area contributed by atoms with E-state index in [0.29, 0.717) is 12.2 Å². The maximum absolute atomic E-state index is 11.9. The Morgan fingerprint density at radius 3 is 2.37 bits per heavy atom. The molecule has 0 aliphatic heterocycles. The zero-order valence-corrected chi connectivity index (χ0v) is 11.3. The maximum atomic E-state index is 11.9. The van der Waals surface area contributed by atoms with Gasteiger partial charge in [0.05, 0.1) is 6.42 Å². The molecule has 98 valence electrons. The lowest BCUT2D eigenvalue weighted by molar-refractivity contribution is -0.134. The molecule has 0 heterocycles. The monoisotopic (exact) mass is 254 g/mol. The molecule has 0 bridgehead atoms. The van der Waals surface area contributed by atoms with Crippen LogP contribution in [0.25, 0.3) is 0 Å². The molecule has 0 radical (unpaired) electrons. The molecule has 2 nitrogen and oxygen atoms in total. The number of carbonyl (C=O) groups excluding carboxylic acids is 1. The second kappa shape index (κ2) is 6.19. The standard InChI is InChI=1S/C17H18O2/c1-13-8-6-7-11-16(13)19-17(18)12-14(2)15-9-4-3-5-10-15/h3-11,14H,12H2,1-2H3. The highest BCUT2D eigenvalue weighted by atomic mass is 16.5. The van der Waals surface area contributed by atoms with E-state index in [1.807, 2.05) is 68.4 Å². The summed E-state index contributed by atoms with van der Waals surface area (Å²) in [5, 5.41) is 0. The fourth-order valence-corrected chi connectivity index (χ4v) is 1.98. The smallest absolute Gasteiger partial charge is 0.311 e. The Balaban J connectivity index is 1.97. The number of rotatable bonds is 4. The van der Waals surface area contributed by atoms with Crippen LogP contribution in [-0.4, -0.2) is 5.97 Å². The number of esters is 1. The molecule has 0 aliphatic rings. The second-order valence-electron chi connectivity index (χ2n) is 4.76. The Morgan fingerprint density at radius 1 is 1.05 bits per heavy atom. The average Bonchev–Trinajstić information content (AvgIpc) is 2.42. The van der Waals surface area contributed by atoms with Crippen LogP contribution in [0.1, 0.15) is 30.4 Å². The van der Waals surface area contributed by atoms with E-state index in [-0.39, 0.29) is 11.9 Å². The van der Waals surface area contributed by atoms with Crippen LogP contribution in [0.5, 0.6) is 5.75 Å². The van der Waals surface area contributed by atoms with Crippen molar-refractivity contribution >= 4 is 5.97 Å². The van der Waals surface area contributed by atoms with Gasteiger partial charge in [0.2, 0.25) is 0 Å². The van der Waals surface area contributed by atoms with Crippen molar-refractivity contribution in [1.29, 1.82) is 0 Å². The van der Waals surface area contributed by atoms with Gasteiger partial charge in [-0.2, -0.15) is 0 Å². The number of carbonyl (C=O) groups is 1. The van der Waals surface area contributed by atoms with Crippen LogP contribution >= 0.6 is 0 Å². The van der Waals surface area contributed by atoms with Gasteiger partial charge in [-0.15, -0.1) is 0 Å². The maximum Gasteiger partial charge on any atom is 0.311 e. The highest BCUT2D eigenvalue weighted by Crippen LogP contribution is 2.21. The van der Waals surface area contributed by atoms with Gasteiger partial charge in [-0.05, 0) is 30.0 Å². The van der Waals surface area contributed by atoms with Crippen LogP contribution in [0.15, 0.2) is 54.6 Å².